The normalized spacial score (nSPS) is 12.4. The minimum absolute atomic E-state index is 0. The number of hydrogen-bond acceptors (Lipinski definition) is 5. The summed E-state index contributed by atoms with van der Waals surface area (Å²) in [6.07, 6.45) is 3.96. The number of aromatic nitrogens is 2. The molecule has 1 unspecified atom stereocenters. The zero-order valence-corrected chi connectivity index (χ0v) is 21.6. The monoisotopic (exact) mass is 530 g/mol. The SMILES string of the molecule is CN=C(NCC(c1cnn(C)c1)N(C)C)N(C)Cc1cc(OC)c(OC)cc1C.I. The first-order valence-corrected chi connectivity index (χ1v) is 9.58. The van der Waals surface area contributed by atoms with Crippen molar-refractivity contribution < 1.29 is 9.47 Å². The molecular formula is C21H35IN6O2. The van der Waals surface area contributed by atoms with E-state index in [-0.39, 0.29) is 30.0 Å². The molecule has 0 saturated heterocycles. The summed E-state index contributed by atoms with van der Waals surface area (Å²) in [4.78, 5) is 8.73. The van der Waals surface area contributed by atoms with E-state index in [0.717, 1.165) is 35.1 Å². The van der Waals surface area contributed by atoms with E-state index in [0.29, 0.717) is 6.54 Å². The van der Waals surface area contributed by atoms with Crippen LogP contribution < -0.4 is 14.8 Å². The molecule has 9 heteroatoms. The van der Waals surface area contributed by atoms with E-state index >= 15 is 0 Å². The van der Waals surface area contributed by atoms with Gasteiger partial charge >= 0.3 is 0 Å². The molecule has 0 saturated carbocycles. The molecule has 0 bridgehead atoms. The highest BCUT2D eigenvalue weighted by molar-refractivity contribution is 14.0. The Bertz CT molecular complexity index is 837. The maximum Gasteiger partial charge on any atom is 0.193 e. The highest BCUT2D eigenvalue weighted by Gasteiger charge is 2.18. The topological polar surface area (TPSA) is 67.2 Å². The van der Waals surface area contributed by atoms with Gasteiger partial charge in [0.25, 0.3) is 0 Å². The number of ether oxygens (including phenoxy) is 2. The number of methoxy groups -OCH3 is 2. The Balaban J connectivity index is 0.00000450. The molecule has 0 fully saturated rings. The third kappa shape index (κ3) is 6.49. The zero-order valence-electron chi connectivity index (χ0n) is 19.3. The molecule has 2 rings (SSSR count). The number of guanidine groups is 1. The van der Waals surface area contributed by atoms with Gasteiger partial charge in [-0.05, 0) is 44.3 Å². The van der Waals surface area contributed by atoms with E-state index in [2.05, 4.69) is 46.2 Å². The van der Waals surface area contributed by atoms with Crippen molar-refractivity contribution in [2.45, 2.75) is 19.5 Å². The molecule has 1 aromatic heterocycles. The lowest BCUT2D eigenvalue weighted by Crippen LogP contribution is -2.42. The van der Waals surface area contributed by atoms with Crippen molar-refractivity contribution in [2.75, 3.05) is 49.0 Å². The first-order valence-electron chi connectivity index (χ1n) is 9.58. The summed E-state index contributed by atoms with van der Waals surface area (Å²) in [6, 6.07) is 4.22. The van der Waals surface area contributed by atoms with Crippen LogP contribution in [0.25, 0.3) is 0 Å². The fourth-order valence-electron chi connectivity index (χ4n) is 3.31. The summed E-state index contributed by atoms with van der Waals surface area (Å²) in [7, 11) is 13.2. The Morgan fingerprint density at radius 2 is 1.83 bits per heavy atom. The first kappa shape index (κ1) is 26.0. The fourth-order valence-corrected chi connectivity index (χ4v) is 3.31. The Morgan fingerprint density at radius 1 is 1.20 bits per heavy atom. The highest BCUT2D eigenvalue weighted by Crippen LogP contribution is 2.30. The molecule has 0 spiro atoms. The number of aliphatic imine (C=N–C) groups is 1. The largest absolute Gasteiger partial charge is 0.493 e. The average molecular weight is 530 g/mol. The molecular weight excluding hydrogens is 495 g/mol. The molecule has 0 amide bonds. The van der Waals surface area contributed by atoms with Crippen LogP contribution in [0, 0.1) is 6.92 Å². The van der Waals surface area contributed by atoms with Crippen LogP contribution >= 0.6 is 24.0 Å². The summed E-state index contributed by atoms with van der Waals surface area (Å²) in [5, 5.41) is 7.79. The predicted molar refractivity (Wildman–Crippen MR) is 132 cm³/mol. The zero-order chi connectivity index (χ0) is 21.6. The maximum atomic E-state index is 5.45. The van der Waals surface area contributed by atoms with Crippen molar-refractivity contribution in [3.8, 4) is 11.5 Å². The van der Waals surface area contributed by atoms with Crippen molar-refractivity contribution in [3.63, 3.8) is 0 Å². The van der Waals surface area contributed by atoms with E-state index in [4.69, 9.17) is 9.47 Å². The van der Waals surface area contributed by atoms with Crippen LogP contribution in [-0.2, 0) is 13.6 Å². The summed E-state index contributed by atoms with van der Waals surface area (Å²) < 4.78 is 12.7. The van der Waals surface area contributed by atoms with Crippen molar-refractivity contribution in [3.05, 3.63) is 41.2 Å². The second-order valence-corrected chi connectivity index (χ2v) is 7.34. The van der Waals surface area contributed by atoms with Gasteiger partial charge in [-0.1, -0.05) is 0 Å². The van der Waals surface area contributed by atoms with Crippen LogP contribution in [0.3, 0.4) is 0 Å². The lowest BCUT2D eigenvalue weighted by Gasteiger charge is -2.28. The Labute approximate surface area is 197 Å². The summed E-state index contributed by atoms with van der Waals surface area (Å²) in [5.41, 5.74) is 3.47. The summed E-state index contributed by atoms with van der Waals surface area (Å²) in [5.74, 6) is 2.30. The lowest BCUT2D eigenvalue weighted by molar-refractivity contribution is 0.295. The Kier molecular flexibility index (Phi) is 10.4. The number of benzene rings is 1. The van der Waals surface area contributed by atoms with Crippen molar-refractivity contribution in [1.29, 1.82) is 0 Å². The molecule has 2 aromatic rings. The molecule has 168 valence electrons. The second-order valence-electron chi connectivity index (χ2n) is 7.34. The number of likely N-dealkylation sites (N-methyl/N-ethyl adjacent to an activating group) is 1. The lowest BCUT2D eigenvalue weighted by atomic mass is 10.1. The molecule has 1 aromatic carbocycles. The molecule has 0 aliphatic rings. The number of aryl methyl sites for hydroxylation is 2. The molecule has 1 N–H and O–H groups in total. The quantitative estimate of drug-likeness (QED) is 0.322. The maximum absolute atomic E-state index is 5.45. The van der Waals surface area contributed by atoms with Gasteiger partial charge in [-0.3, -0.25) is 9.67 Å². The molecule has 1 atom stereocenters. The van der Waals surface area contributed by atoms with Crippen LogP contribution in [-0.4, -0.2) is 74.5 Å². The van der Waals surface area contributed by atoms with Crippen LogP contribution in [0.1, 0.15) is 22.7 Å². The molecule has 1 heterocycles. The number of rotatable bonds is 8. The van der Waals surface area contributed by atoms with Crippen LogP contribution in [0.2, 0.25) is 0 Å². The third-order valence-corrected chi connectivity index (χ3v) is 5.01. The van der Waals surface area contributed by atoms with Crippen LogP contribution in [0.5, 0.6) is 11.5 Å². The van der Waals surface area contributed by atoms with Crippen molar-refractivity contribution in [2.24, 2.45) is 12.0 Å². The third-order valence-electron chi connectivity index (χ3n) is 5.01. The number of halogens is 1. The van der Waals surface area contributed by atoms with E-state index < -0.39 is 0 Å². The van der Waals surface area contributed by atoms with Crippen molar-refractivity contribution in [1.82, 2.24) is 24.9 Å². The van der Waals surface area contributed by atoms with Gasteiger partial charge in [-0.25, -0.2) is 0 Å². The van der Waals surface area contributed by atoms with E-state index in [9.17, 15) is 0 Å². The van der Waals surface area contributed by atoms with Gasteiger partial charge in [-0.15, -0.1) is 24.0 Å². The highest BCUT2D eigenvalue weighted by atomic mass is 127. The number of nitrogens with one attached hydrogen (secondary N) is 1. The first-order chi connectivity index (χ1) is 13.8. The van der Waals surface area contributed by atoms with Gasteiger partial charge in [0.2, 0.25) is 0 Å². The number of hydrogen-bond donors (Lipinski definition) is 1. The fraction of sp³-hybridized carbons (Fsp3) is 0.524. The summed E-state index contributed by atoms with van der Waals surface area (Å²) in [6.45, 7) is 3.50. The Hall–Kier alpha value is -2.01. The van der Waals surface area contributed by atoms with E-state index in [1.165, 1.54) is 5.56 Å². The van der Waals surface area contributed by atoms with Gasteiger partial charge < -0.3 is 24.6 Å². The van der Waals surface area contributed by atoms with Crippen LogP contribution in [0.15, 0.2) is 29.5 Å². The molecule has 30 heavy (non-hydrogen) atoms. The second kappa shape index (κ2) is 12.0. The van der Waals surface area contributed by atoms with Crippen molar-refractivity contribution >= 4 is 29.9 Å². The number of nitrogens with zero attached hydrogens (tertiary/aromatic N) is 5. The van der Waals surface area contributed by atoms with E-state index in [1.807, 2.05) is 43.3 Å². The van der Waals surface area contributed by atoms with Gasteiger partial charge in [0.15, 0.2) is 17.5 Å². The van der Waals surface area contributed by atoms with Gasteiger partial charge in [0.05, 0.1) is 26.5 Å². The van der Waals surface area contributed by atoms with E-state index in [1.54, 1.807) is 21.3 Å². The summed E-state index contributed by atoms with van der Waals surface area (Å²) >= 11 is 0. The molecule has 0 aliphatic carbocycles. The van der Waals surface area contributed by atoms with Gasteiger partial charge in [-0.2, -0.15) is 5.10 Å². The average Bonchev–Trinajstić information content (AvgIpc) is 3.11. The smallest absolute Gasteiger partial charge is 0.193 e. The van der Waals surface area contributed by atoms with Crippen LogP contribution in [0.4, 0.5) is 0 Å². The molecule has 8 nitrogen and oxygen atoms in total. The standard InChI is InChI=1S/C21H34N6O2.HI/c1-15-9-19(28-7)20(29-8)10-16(15)13-26(5)21(22-2)23-12-18(25(3)4)17-11-24-27(6)14-17;/h9-11,14,18H,12-13H2,1-8H3,(H,22,23);1H. The minimum atomic E-state index is 0. The minimum Gasteiger partial charge on any atom is -0.493 e. The Morgan fingerprint density at radius 3 is 2.33 bits per heavy atom. The van der Waals surface area contributed by atoms with Gasteiger partial charge in [0, 0.05) is 46.0 Å². The molecule has 0 aliphatic heterocycles. The van der Waals surface area contributed by atoms with Gasteiger partial charge in [0.1, 0.15) is 0 Å². The predicted octanol–water partition coefficient (Wildman–Crippen LogP) is 2.67. The molecule has 0 radical (unpaired) electrons.